The maximum Gasteiger partial charge on any atom is 0.328 e. The molecule has 1 aliphatic heterocycles. The van der Waals surface area contributed by atoms with Crippen molar-refractivity contribution in [2.75, 3.05) is 20.8 Å². The SMILES string of the molecule is COC(=O)[C@@H]1C[C@@]2(C)CCOC(=O)[C@@]2(C(=O)OC)C(c2ccccc2)=C1c1ccccc1. The zero-order valence-electron chi connectivity index (χ0n) is 18.4. The second kappa shape index (κ2) is 8.26. The van der Waals surface area contributed by atoms with Gasteiger partial charge in [-0.15, -0.1) is 0 Å². The first-order chi connectivity index (χ1) is 15.4. The van der Waals surface area contributed by atoms with E-state index in [1.165, 1.54) is 14.2 Å². The van der Waals surface area contributed by atoms with Crippen LogP contribution in [0, 0.1) is 16.7 Å². The molecule has 0 N–H and O–H groups in total. The molecule has 3 atom stereocenters. The van der Waals surface area contributed by atoms with Gasteiger partial charge in [-0.05, 0) is 35.1 Å². The van der Waals surface area contributed by atoms with Crippen molar-refractivity contribution < 1.29 is 28.6 Å². The number of carbonyl (C=O) groups is 3. The fraction of sp³-hybridized carbons (Fsp3) is 0.346. The second-order valence-corrected chi connectivity index (χ2v) is 8.49. The standard InChI is InChI=1S/C26H26O6/c1-25-14-15-32-24(29)26(25,23(28)31-3)21(18-12-8-5-9-13-18)20(17-10-6-4-7-11-17)19(16-25)22(27)30-2/h4-13,19H,14-16H2,1-3H3/t19-,25-,26+/m1/s1. The van der Waals surface area contributed by atoms with Crippen molar-refractivity contribution in [1.29, 1.82) is 0 Å². The molecule has 0 aromatic heterocycles. The van der Waals surface area contributed by atoms with Crippen molar-refractivity contribution in [3.63, 3.8) is 0 Å². The van der Waals surface area contributed by atoms with Crippen molar-refractivity contribution >= 4 is 29.1 Å². The van der Waals surface area contributed by atoms with Gasteiger partial charge in [-0.1, -0.05) is 67.6 Å². The Morgan fingerprint density at radius 3 is 2.09 bits per heavy atom. The molecule has 0 radical (unpaired) electrons. The van der Waals surface area contributed by atoms with Crippen LogP contribution >= 0.6 is 0 Å². The lowest BCUT2D eigenvalue weighted by atomic mass is 9.49. The summed E-state index contributed by atoms with van der Waals surface area (Å²) >= 11 is 0. The summed E-state index contributed by atoms with van der Waals surface area (Å²) in [4.78, 5) is 40.2. The van der Waals surface area contributed by atoms with Crippen LogP contribution in [0.4, 0.5) is 0 Å². The van der Waals surface area contributed by atoms with Gasteiger partial charge >= 0.3 is 17.9 Å². The lowest BCUT2D eigenvalue weighted by Crippen LogP contribution is -2.60. The number of fused-ring (bicyclic) bond motifs is 1. The second-order valence-electron chi connectivity index (χ2n) is 8.49. The highest BCUT2D eigenvalue weighted by molar-refractivity contribution is 6.20. The molecule has 0 amide bonds. The summed E-state index contributed by atoms with van der Waals surface area (Å²) in [6.45, 7) is 2.04. The van der Waals surface area contributed by atoms with E-state index in [0.29, 0.717) is 23.1 Å². The van der Waals surface area contributed by atoms with Crippen molar-refractivity contribution in [3.8, 4) is 0 Å². The lowest BCUT2D eigenvalue weighted by molar-refractivity contribution is -0.187. The van der Waals surface area contributed by atoms with E-state index in [2.05, 4.69) is 0 Å². The zero-order valence-corrected chi connectivity index (χ0v) is 18.4. The van der Waals surface area contributed by atoms with Crippen molar-refractivity contribution in [2.24, 2.45) is 16.7 Å². The predicted molar refractivity (Wildman–Crippen MR) is 118 cm³/mol. The van der Waals surface area contributed by atoms with Gasteiger partial charge in [-0.25, -0.2) is 0 Å². The Hall–Kier alpha value is -3.41. The summed E-state index contributed by atoms with van der Waals surface area (Å²) in [7, 11) is 2.63. The first kappa shape index (κ1) is 21.8. The van der Waals surface area contributed by atoms with Crippen LogP contribution in [0.25, 0.3) is 11.1 Å². The van der Waals surface area contributed by atoms with E-state index < -0.39 is 34.7 Å². The summed E-state index contributed by atoms with van der Waals surface area (Å²) in [5.41, 5.74) is -0.175. The van der Waals surface area contributed by atoms with Gasteiger partial charge in [-0.2, -0.15) is 0 Å². The minimum Gasteiger partial charge on any atom is -0.469 e. The van der Waals surface area contributed by atoms with Crippen molar-refractivity contribution in [2.45, 2.75) is 19.8 Å². The molecular weight excluding hydrogens is 408 g/mol. The van der Waals surface area contributed by atoms with E-state index in [4.69, 9.17) is 14.2 Å². The number of carbonyl (C=O) groups excluding carboxylic acids is 3. The smallest absolute Gasteiger partial charge is 0.328 e. The highest BCUT2D eigenvalue weighted by atomic mass is 16.6. The topological polar surface area (TPSA) is 78.9 Å². The highest BCUT2D eigenvalue weighted by Crippen LogP contribution is 2.64. The monoisotopic (exact) mass is 434 g/mol. The number of ether oxygens (including phenoxy) is 3. The van der Waals surface area contributed by atoms with E-state index in [9.17, 15) is 14.4 Å². The van der Waals surface area contributed by atoms with E-state index in [0.717, 1.165) is 5.56 Å². The molecule has 2 aliphatic rings. The number of cyclic esters (lactones) is 1. The molecule has 1 heterocycles. The van der Waals surface area contributed by atoms with Crippen LogP contribution in [0.15, 0.2) is 60.7 Å². The molecule has 1 saturated heterocycles. The molecule has 4 rings (SSSR count). The fourth-order valence-corrected chi connectivity index (χ4v) is 5.37. The molecule has 166 valence electrons. The number of hydrogen-bond acceptors (Lipinski definition) is 6. The number of esters is 3. The van der Waals surface area contributed by atoms with Crippen LogP contribution in [-0.4, -0.2) is 38.7 Å². The Balaban J connectivity index is 2.20. The van der Waals surface area contributed by atoms with Crippen LogP contribution in [-0.2, 0) is 28.6 Å². The molecule has 0 bridgehead atoms. The van der Waals surface area contributed by atoms with Gasteiger partial charge in [0, 0.05) is 5.41 Å². The Morgan fingerprint density at radius 2 is 1.53 bits per heavy atom. The Bertz CT molecular complexity index is 1060. The molecule has 2 aromatic carbocycles. The summed E-state index contributed by atoms with van der Waals surface area (Å²) < 4.78 is 16.0. The number of hydrogen-bond donors (Lipinski definition) is 0. The molecule has 2 aromatic rings. The quantitative estimate of drug-likeness (QED) is 0.413. The number of rotatable bonds is 4. The lowest BCUT2D eigenvalue weighted by Gasteiger charge is -2.53. The fourth-order valence-electron chi connectivity index (χ4n) is 5.37. The molecule has 32 heavy (non-hydrogen) atoms. The molecular formula is C26H26O6. The summed E-state index contributed by atoms with van der Waals surface area (Å²) in [5, 5.41) is 0. The molecule has 1 fully saturated rings. The minimum absolute atomic E-state index is 0.171. The average molecular weight is 434 g/mol. The summed E-state index contributed by atoms with van der Waals surface area (Å²) in [6, 6.07) is 18.5. The third-order valence-corrected chi connectivity index (χ3v) is 6.87. The summed E-state index contributed by atoms with van der Waals surface area (Å²) in [5.74, 6) is -2.39. The van der Waals surface area contributed by atoms with Crippen LogP contribution in [0.3, 0.4) is 0 Å². The first-order valence-electron chi connectivity index (χ1n) is 10.6. The summed E-state index contributed by atoms with van der Waals surface area (Å²) in [6.07, 6.45) is 0.671. The molecule has 0 unspecified atom stereocenters. The molecule has 0 saturated carbocycles. The van der Waals surface area contributed by atoms with Gasteiger partial charge in [-0.3, -0.25) is 14.4 Å². The maximum absolute atomic E-state index is 13.6. The van der Waals surface area contributed by atoms with Gasteiger partial charge in [0.15, 0.2) is 5.41 Å². The van der Waals surface area contributed by atoms with E-state index >= 15 is 0 Å². The zero-order chi connectivity index (χ0) is 22.9. The van der Waals surface area contributed by atoms with Crippen LogP contribution in [0.1, 0.15) is 30.9 Å². The molecule has 6 nitrogen and oxygen atoms in total. The van der Waals surface area contributed by atoms with Gasteiger partial charge in [0.05, 0.1) is 26.7 Å². The Labute approximate surface area is 187 Å². The minimum atomic E-state index is -1.71. The van der Waals surface area contributed by atoms with Gasteiger partial charge in [0.25, 0.3) is 0 Å². The predicted octanol–water partition coefficient (Wildman–Crippen LogP) is 3.90. The van der Waals surface area contributed by atoms with E-state index in [1.807, 2.05) is 67.6 Å². The Kier molecular flexibility index (Phi) is 5.63. The first-order valence-corrected chi connectivity index (χ1v) is 10.6. The normalized spacial score (nSPS) is 27.2. The van der Waals surface area contributed by atoms with Crippen LogP contribution in [0.5, 0.6) is 0 Å². The maximum atomic E-state index is 13.6. The van der Waals surface area contributed by atoms with E-state index in [-0.39, 0.29) is 13.0 Å². The Morgan fingerprint density at radius 1 is 0.938 bits per heavy atom. The van der Waals surface area contributed by atoms with Crippen molar-refractivity contribution in [3.05, 3.63) is 71.8 Å². The third-order valence-electron chi connectivity index (χ3n) is 6.87. The largest absolute Gasteiger partial charge is 0.469 e. The molecule has 1 aliphatic carbocycles. The van der Waals surface area contributed by atoms with Gasteiger partial charge in [0.2, 0.25) is 0 Å². The van der Waals surface area contributed by atoms with Gasteiger partial charge in [0.1, 0.15) is 0 Å². The molecule has 6 heteroatoms. The average Bonchev–Trinajstić information content (AvgIpc) is 2.83. The number of methoxy groups -OCH3 is 2. The van der Waals surface area contributed by atoms with E-state index in [1.54, 1.807) is 0 Å². The third kappa shape index (κ3) is 3.05. The highest BCUT2D eigenvalue weighted by Gasteiger charge is 2.69. The number of benzene rings is 2. The molecule has 0 spiro atoms. The van der Waals surface area contributed by atoms with Crippen molar-refractivity contribution in [1.82, 2.24) is 0 Å². The van der Waals surface area contributed by atoms with Crippen LogP contribution < -0.4 is 0 Å². The van der Waals surface area contributed by atoms with Crippen LogP contribution in [0.2, 0.25) is 0 Å². The van der Waals surface area contributed by atoms with Gasteiger partial charge < -0.3 is 14.2 Å².